The van der Waals surface area contributed by atoms with E-state index in [0.717, 1.165) is 10.2 Å². The van der Waals surface area contributed by atoms with Crippen LogP contribution in [0.2, 0.25) is 5.02 Å². The van der Waals surface area contributed by atoms with Crippen LogP contribution in [0.25, 0.3) is 0 Å². The standard InChI is InChI=1S/C12H12ClN3O4S/c1-8-2-3-11(10(13)4-8)21(19,20)15-9-5-14-16(6-9)7-12(17)18/h2-6,15H,7H2,1H3,(H,17,18). The molecule has 0 fully saturated rings. The molecule has 0 unspecified atom stereocenters. The fraction of sp³-hybridized carbons (Fsp3) is 0.167. The molecule has 1 aromatic carbocycles. The van der Waals surface area contributed by atoms with E-state index in [9.17, 15) is 13.2 Å². The van der Waals surface area contributed by atoms with Crippen molar-refractivity contribution in [3.8, 4) is 0 Å². The minimum Gasteiger partial charge on any atom is -0.480 e. The molecule has 2 N–H and O–H groups in total. The lowest BCUT2D eigenvalue weighted by Gasteiger charge is -2.08. The Bertz CT molecular complexity index is 786. The summed E-state index contributed by atoms with van der Waals surface area (Å²) in [5, 5.41) is 12.5. The smallest absolute Gasteiger partial charge is 0.325 e. The van der Waals surface area contributed by atoms with Crippen LogP contribution in [0.3, 0.4) is 0 Å². The molecule has 7 nitrogen and oxygen atoms in total. The zero-order valence-corrected chi connectivity index (χ0v) is 12.5. The van der Waals surface area contributed by atoms with Gasteiger partial charge in [-0.25, -0.2) is 8.42 Å². The van der Waals surface area contributed by atoms with Crippen molar-refractivity contribution >= 4 is 33.3 Å². The second-order valence-corrected chi connectivity index (χ2v) is 6.42. The van der Waals surface area contributed by atoms with Gasteiger partial charge in [0.15, 0.2) is 0 Å². The van der Waals surface area contributed by atoms with Gasteiger partial charge in [-0.3, -0.25) is 14.2 Å². The number of nitrogens with one attached hydrogen (secondary N) is 1. The first-order chi connectivity index (χ1) is 9.78. The number of halogens is 1. The van der Waals surface area contributed by atoms with E-state index in [1.54, 1.807) is 19.1 Å². The fourth-order valence-electron chi connectivity index (χ4n) is 1.68. The molecular formula is C12H12ClN3O4S. The average molecular weight is 330 g/mol. The van der Waals surface area contributed by atoms with Crippen molar-refractivity contribution in [1.29, 1.82) is 0 Å². The third-order valence-corrected chi connectivity index (χ3v) is 4.42. The number of carboxylic acid groups (broad SMARTS) is 1. The Labute approximate surface area is 126 Å². The SMILES string of the molecule is Cc1ccc(S(=O)(=O)Nc2cnn(CC(=O)O)c2)c(Cl)c1. The molecule has 0 saturated carbocycles. The van der Waals surface area contributed by atoms with Gasteiger partial charge in [-0.15, -0.1) is 0 Å². The Kier molecular flexibility index (Phi) is 4.19. The number of carboxylic acids is 1. The zero-order valence-electron chi connectivity index (χ0n) is 10.9. The van der Waals surface area contributed by atoms with Gasteiger partial charge in [-0.1, -0.05) is 17.7 Å². The number of benzene rings is 1. The number of nitrogens with zero attached hydrogens (tertiary/aromatic N) is 2. The fourth-order valence-corrected chi connectivity index (χ4v) is 3.30. The van der Waals surface area contributed by atoms with Gasteiger partial charge in [-0.05, 0) is 24.6 Å². The predicted molar refractivity (Wildman–Crippen MR) is 76.9 cm³/mol. The number of sulfonamides is 1. The van der Waals surface area contributed by atoms with E-state index in [4.69, 9.17) is 16.7 Å². The lowest BCUT2D eigenvalue weighted by Crippen LogP contribution is -2.13. The molecule has 0 aliphatic heterocycles. The van der Waals surface area contributed by atoms with Crippen molar-refractivity contribution in [3.05, 3.63) is 41.2 Å². The largest absolute Gasteiger partial charge is 0.480 e. The topological polar surface area (TPSA) is 101 Å². The molecular weight excluding hydrogens is 318 g/mol. The summed E-state index contributed by atoms with van der Waals surface area (Å²) in [7, 11) is -3.86. The van der Waals surface area contributed by atoms with Crippen molar-refractivity contribution in [1.82, 2.24) is 9.78 Å². The highest BCUT2D eigenvalue weighted by atomic mass is 35.5. The molecule has 2 rings (SSSR count). The Morgan fingerprint density at radius 3 is 2.81 bits per heavy atom. The Balaban J connectivity index is 2.25. The second kappa shape index (κ2) is 5.74. The normalized spacial score (nSPS) is 11.3. The van der Waals surface area contributed by atoms with Gasteiger partial charge in [-0.2, -0.15) is 5.10 Å². The van der Waals surface area contributed by atoms with Crippen molar-refractivity contribution in [2.75, 3.05) is 4.72 Å². The number of hydrogen-bond donors (Lipinski definition) is 2. The molecule has 112 valence electrons. The van der Waals surface area contributed by atoms with Gasteiger partial charge in [0, 0.05) is 6.20 Å². The molecule has 2 aromatic rings. The van der Waals surface area contributed by atoms with Crippen LogP contribution >= 0.6 is 11.6 Å². The second-order valence-electron chi connectivity index (χ2n) is 4.36. The highest BCUT2D eigenvalue weighted by Crippen LogP contribution is 2.24. The number of hydrogen-bond acceptors (Lipinski definition) is 4. The van der Waals surface area contributed by atoms with Crippen LogP contribution in [-0.4, -0.2) is 29.3 Å². The maximum Gasteiger partial charge on any atom is 0.325 e. The van der Waals surface area contributed by atoms with E-state index in [1.165, 1.54) is 18.5 Å². The molecule has 0 spiro atoms. The van der Waals surface area contributed by atoms with Gasteiger partial charge in [0.2, 0.25) is 0 Å². The highest BCUT2D eigenvalue weighted by molar-refractivity contribution is 7.92. The van der Waals surface area contributed by atoms with Crippen LogP contribution in [-0.2, 0) is 21.4 Å². The maximum absolute atomic E-state index is 12.2. The third kappa shape index (κ3) is 3.73. The quantitative estimate of drug-likeness (QED) is 0.869. The highest BCUT2D eigenvalue weighted by Gasteiger charge is 2.18. The van der Waals surface area contributed by atoms with Crippen LogP contribution in [0.1, 0.15) is 5.56 Å². The number of aromatic nitrogens is 2. The van der Waals surface area contributed by atoms with E-state index in [1.807, 2.05) is 0 Å². The minimum atomic E-state index is -3.86. The summed E-state index contributed by atoms with van der Waals surface area (Å²) in [6.45, 7) is 1.44. The molecule has 0 aliphatic carbocycles. The molecule has 0 bridgehead atoms. The molecule has 0 saturated heterocycles. The predicted octanol–water partition coefficient (Wildman–Crippen LogP) is 1.73. The minimum absolute atomic E-state index is 0.0549. The summed E-state index contributed by atoms with van der Waals surface area (Å²) in [5.74, 6) is -1.07. The first-order valence-electron chi connectivity index (χ1n) is 5.81. The Hall–Kier alpha value is -2.06. The summed E-state index contributed by atoms with van der Waals surface area (Å²) in [4.78, 5) is 10.5. The summed E-state index contributed by atoms with van der Waals surface area (Å²) >= 11 is 5.94. The van der Waals surface area contributed by atoms with Gasteiger partial charge in [0.1, 0.15) is 11.4 Å². The number of anilines is 1. The molecule has 21 heavy (non-hydrogen) atoms. The molecule has 9 heteroatoms. The third-order valence-electron chi connectivity index (χ3n) is 2.56. The van der Waals surface area contributed by atoms with Crippen LogP contribution in [0.4, 0.5) is 5.69 Å². The van der Waals surface area contributed by atoms with Crippen LogP contribution in [0.5, 0.6) is 0 Å². The molecule has 1 aromatic heterocycles. The summed E-state index contributed by atoms with van der Waals surface area (Å²) in [5.41, 5.74) is 1.00. The zero-order chi connectivity index (χ0) is 15.6. The van der Waals surface area contributed by atoms with Crippen molar-refractivity contribution in [2.45, 2.75) is 18.4 Å². The molecule has 0 amide bonds. The van der Waals surface area contributed by atoms with E-state index >= 15 is 0 Å². The van der Waals surface area contributed by atoms with Crippen LogP contribution < -0.4 is 4.72 Å². The summed E-state index contributed by atoms with van der Waals surface area (Å²) < 4.78 is 27.8. The van der Waals surface area contributed by atoms with Gasteiger partial charge in [0.25, 0.3) is 10.0 Å². The number of rotatable bonds is 5. The lowest BCUT2D eigenvalue weighted by atomic mass is 10.2. The Morgan fingerprint density at radius 2 is 2.19 bits per heavy atom. The monoisotopic (exact) mass is 329 g/mol. The average Bonchev–Trinajstić information content (AvgIpc) is 2.73. The van der Waals surface area contributed by atoms with Crippen LogP contribution in [0, 0.1) is 6.92 Å². The molecule has 0 radical (unpaired) electrons. The summed E-state index contributed by atoms with van der Waals surface area (Å²) in [6, 6.07) is 4.58. The number of aryl methyl sites for hydroxylation is 1. The maximum atomic E-state index is 12.2. The number of carbonyl (C=O) groups is 1. The molecule has 0 atom stereocenters. The van der Waals surface area contributed by atoms with E-state index < -0.39 is 16.0 Å². The molecule has 1 heterocycles. The van der Waals surface area contributed by atoms with Crippen molar-refractivity contribution in [3.63, 3.8) is 0 Å². The lowest BCUT2D eigenvalue weighted by molar-refractivity contribution is -0.137. The van der Waals surface area contributed by atoms with Crippen molar-refractivity contribution in [2.24, 2.45) is 0 Å². The number of aliphatic carboxylic acids is 1. The van der Waals surface area contributed by atoms with Crippen molar-refractivity contribution < 1.29 is 18.3 Å². The molecule has 0 aliphatic rings. The van der Waals surface area contributed by atoms with E-state index in [0.29, 0.717) is 0 Å². The van der Waals surface area contributed by atoms with Gasteiger partial charge >= 0.3 is 5.97 Å². The van der Waals surface area contributed by atoms with E-state index in [-0.39, 0.29) is 22.2 Å². The Morgan fingerprint density at radius 1 is 1.48 bits per heavy atom. The first-order valence-corrected chi connectivity index (χ1v) is 7.67. The van der Waals surface area contributed by atoms with Gasteiger partial charge < -0.3 is 5.11 Å². The van der Waals surface area contributed by atoms with Gasteiger partial charge in [0.05, 0.1) is 16.9 Å². The van der Waals surface area contributed by atoms with E-state index in [2.05, 4.69) is 9.82 Å². The summed E-state index contributed by atoms with van der Waals surface area (Å²) in [6.07, 6.45) is 2.51. The van der Waals surface area contributed by atoms with Crippen LogP contribution in [0.15, 0.2) is 35.5 Å². The first kappa shape index (κ1) is 15.3.